The summed E-state index contributed by atoms with van der Waals surface area (Å²) in [5.41, 5.74) is 6.51. The molecule has 1 fully saturated rings. The average molecular weight is 348 g/mol. The van der Waals surface area contributed by atoms with Gasteiger partial charge in [-0.1, -0.05) is 36.8 Å². The minimum absolute atomic E-state index is 0.250. The molecule has 1 aromatic rings. The lowest BCUT2D eigenvalue weighted by molar-refractivity contribution is -0.153. The van der Waals surface area contributed by atoms with E-state index in [0.29, 0.717) is 32.5 Å². The predicted molar refractivity (Wildman–Crippen MR) is 97.0 cm³/mol. The second kappa shape index (κ2) is 10.2. The Balaban J connectivity index is 2.13. The maximum absolute atomic E-state index is 13.1. The third-order valence-corrected chi connectivity index (χ3v) is 4.62. The predicted octanol–water partition coefficient (Wildman–Crippen LogP) is 1.74. The second-order valence-corrected chi connectivity index (χ2v) is 6.51. The highest BCUT2D eigenvalue weighted by atomic mass is 16.4. The third-order valence-electron chi connectivity index (χ3n) is 4.62. The van der Waals surface area contributed by atoms with Crippen LogP contribution < -0.4 is 11.0 Å². The quantitative estimate of drug-likeness (QED) is 0.591. The van der Waals surface area contributed by atoms with Gasteiger partial charge in [0.15, 0.2) is 0 Å². The zero-order valence-corrected chi connectivity index (χ0v) is 14.6. The van der Waals surface area contributed by atoms with Gasteiger partial charge in [0.2, 0.25) is 5.91 Å². The van der Waals surface area contributed by atoms with E-state index in [4.69, 9.17) is 7.15 Å². The molecule has 0 spiro atoms. The van der Waals surface area contributed by atoms with Gasteiger partial charge in [0.1, 0.15) is 7.45 Å². The van der Waals surface area contributed by atoms with E-state index in [-0.39, 0.29) is 5.91 Å². The van der Waals surface area contributed by atoms with Crippen molar-refractivity contribution in [2.45, 2.75) is 57.2 Å². The van der Waals surface area contributed by atoms with Crippen LogP contribution in [0.2, 0.25) is 1.41 Å². The molecule has 2 rings (SSSR count). The number of rotatable bonds is 9. The van der Waals surface area contributed by atoms with E-state index in [2.05, 4.69) is 0 Å². The number of unbranched alkanes of at least 4 members (excludes halogenated alkanes) is 1. The molecular formula is C19H29N3O3. The number of carbonyl (C=O) groups excluding carboxylic acids is 1. The van der Waals surface area contributed by atoms with Crippen LogP contribution in [0.25, 0.3) is 0 Å². The minimum Gasteiger partial charge on any atom is -0.480 e. The Labute approximate surface area is 150 Å². The van der Waals surface area contributed by atoms with Crippen molar-refractivity contribution in [3.63, 3.8) is 0 Å². The highest BCUT2D eigenvalue weighted by Crippen LogP contribution is 2.19. The van der Waals surface area contributed by atoms with Crippen molar-refractivity contribution in [1.82, 2.24) is 10.2 Å². The Morgan fingerprint density at radius 2 is 2.08 bits per heavy atom. The first-order chi connectivity index (χ1) is 12.5. The number of nitrogens with one attached hydrogen (secondary N) is 1. The van der Waals surface area contributed by atoms with Gasteiger partial charge in [-0.15, -0.1) is 0 Å². The number of aliphatic carboxylic acids is 1. The van der Waals surface area contributed by atoms with Gasteiger partial charge in [-0.05, 0) is 44.2 Å². The number of hydrogen-bond acceptors (Lipinski definition) is 4. The molecule has 0 aliphatic carbocycles. The van der Waals surface area contributed by atoms with E-state index < -0.39 is 18.1 Å². The lowest BCUT2D eigenvalue weighted by Gasteiger charge is -2.35. The van der Waals surface area contributed by atoms with Crippen LogP contribution in [0.1, 0.15) is 44.1 Å². The van der Waals surface area contributed by atoms with Gasteiger partial charge in [0, 0.05) is 13.1 Å². The van der Waals surface area contributed by atoms with Crippen LogP contribution in [0.3, 0.4) is 0 Å². The van der Waals surface area contributed by atoms with Crippen molar-refractivity contribution in [3.05, 3.63) is 35.9 Å². The summed E-state index contributed by atoms with van der Waals surface area (Å²) in [6.07, 6.45) is 4.13. The van der Waals surface area contributed by atoms with Gasteiger partial charge in [-0.25, -0.2) is 4.79 Å². The number of piperidine rings is 1. The van der Waals surface area contributed by atoms with Gasteiger partial charge < -0.3 is 21.0 Å². The van der Waals surface area contributed by atoms with Crippen LogP contribution in [-0.2, 0) is 16.1 Å². The lowest BCUT2D eigenvalue weighted by Crippen LogP contribution is -2.54. The highest BCUT2D eigenvalue weighted by molar-refractivity contribution is 5.87. The Morgan fingerprint density at radius 1 is 1.32 bits per heavy atom. The van der Waals surface area contributed by atoms with E-state index in [9.17, 15) is 14.7 Å². The smallest absolute Gasteiger partial charge is 0.326 e. The summed E-state index contributed by atoms with van der Waals surface area (Å²) >= 11 is 0. The zero-order valence-electron chi connectivity index (χ0n) is 15.6. The Morgan fingerprint density at radius 3 is 2.76 bits per heavy atom. The molecule has 1 saturated heterocycles. The molecule has 6 heteroatoms. The monoisotopic (exact) mass is 348 g/mol. The molecule has 6 nitrogen and oxygen atoms in total. The normalized spacial score (nSPS) is 19.5. The number of carboxylic acid groups (broad SMARTS) is 1. The maximum atomic E-state index is 13.1. The first-order valence-electron chi connectivity index (χ1n) is 9.52. The van der Waals surface area contributed by atoms with Crippen molar-refractivity contribution in [2.24, 2.45) is 5.73 Å². The summed E-state index contributed by atoms with van der Waals surface area (Å²) in [6.45, 7) is 1.31. The summed E-state index contributed by atoms with van der Waals surface area (Å²) < 4.78 is 8.43. The van der Waals surface area contributed by atoms with Crippen LogP contribution >= 0.6 is 0 Å². The molecule has 1 amide bonds. The molecule has 25 heavy (non-hydrogen) atoms. The maximum Gasteiger partial charge on any atom is 0.326 e. The number of nitrogens with zero attached hydrogens (tertiary/aromatic N) is 1. The summed E-state index contributed by atoms with van der Waals surface area (Å²) in [5.74, 6) is -1.21. The topological polar surface area (TPSA) is 95.7 Å². The molecule has 1 aliphatic heterocycles. The number of carboxylic acids is 1. The Kier molecular flexibility index (Phi) is 7.27. The average Bonchev–Trinajstić information content (AvgIpc) is 2.65. The number of benzene rings is 1. The van der Waals surface area contributed by atoms with Crippen LogP contribution in [0.4, 0.5) is 0 Å². The number of amides is 1. The Hall–Kier alpha value is -1.92. The lowest BCUT2D eigenvalue weighted by atomic mass is 9.99. The molecule has 2 atom stereocenters. The van der Waals surface area contributed by atoms with Crippen molar-refractivity contribution < 1.29 is 16.1 Å². The fraction of sp³-hybridized carbons (Fsp3) is 0.579. The van der Waals surface area contributed by atoms with E-state index >= 15 is 0 Å². The van der Waals surface area contributed by atoms with Crippen LogP contribution in [0.5, 0.6) is 0 Å². The number of likely N-dealkylation sites (tertiary alicyclic amines) is 1. The van der Waals surface area contributed by atoms with Gasteiger partial charge in [0.05, 0.1) is 6.04 Å². The van der Waals surface area contributed by atoms with Crippen molar-refractivity contribution in [3.8, 4) is 0 Å². The standard InChI is InChI=1S/C19H29N3O3/c20-12-6-4-10-16(21-14-15-8-2-1-3-9-15)18(23)22-13-7-5-11-17(22)19(24)25/h1-3,8-9,16-17,21H,4-7,10-14,20H2,(H,24,25)/t16-,17-/m0/s1/i/hD. The third kappa shape index (κ3) is 5.83. The number of hydrogen-bond donors (Lipinski definition) is 3. The molecule has 4 N–H and O–H groups in total. The molecule has 138 valence electrons. The molecule has 1 heterocycles. The second-order valence-electron chi connectivity index (χ2n) is 6.51. The zero-order chi connectivity index (χ0) is 18.9. The first kappa shape index (κ1) is 17.9. The van der Waals surface area contributed by atoms with Gasteiger partial charge in [0.25, 0.3) is 0 Å². The molecule has 0 unspecified atom stereocenters. The van der Waals surface area contributed by atoms with Crippen molar-refractivity contribution in [1.29, 1.82) is 0 Å². The molecule has 0 saturated carbocycles. The SMILES string of the molecule is [2H]N(Cc1ccccc1)[C@@H](CCCCN)C(=O)N1CCCC[C@H]1C(=O)O. The summed E-state index contributed by atoms with van der Waals surface area (Å²) in [5, 5.41) is 10.7. The van der Waals surface area contributed by atoms with Crippen LogP contribution in [0, 0.1) is 0 Å². The van der Waals surface area contributed by atoms with E-state index in [1.54, 1.807) is 0 Å². The van der Waals surface area contributed by atoms with Gasteiger partial charge >= 0.3 is 5.97 Å². The molecule has 0 radical (unpaired) electrons. The minimum atomic E-state index is -0.960. The van der Waals surface area contributed by atoms with E-state index in [1.807, 2.05) is 30.3 Å². The summed E-state index contributed by atoms with van der Waals surface area (Å²) in [7, 11) is 0. The Bertz CT molecular complexity index is 585. The fourth-order valence-corrected chi connectivity index (χ4v) is 3.22. The molecule has 0 aromatic heterocycles. The number of nitrogens with two attached hydrogens (primary N) is 1. The largest absolute Gasteiger partial charge is 0.480 e. The summed E-state index contributed by atoms with van der Waals surface area (Å²) in [4.78, 5) is 26.1. The van der Waals surface area contributed by atoms with Gasteiger partial charge in [-0.3, -0.25) is 4.79 Å². The van der Waals surface area contributed by atoms with Crippen LogP contribution in [-0.4, -0.2) is 47.1 Å². The fourth-order valence-electron chi connectivity index (χ4n) is 3.22. The summed E-state index contributed by atoms with van der Waals surface area (Å²) in [6, 6.07) is 8.12. The van der Waals surface area contributed by atoms with Gasteiger partial charge in [-0.2, -0.15) is 0 Å². The van der Waals surface area contributed by atoms with Crippen LogP contribution in [0.15, 0.2) is 30.3 Å². The molecule has 1 aromatic carbocycles. The highest BCUT2D eigenvalue weighted by Gasteiger charge is 2.35. The number of carbonyl (C=O) groups is 2. The van der Waals surface area contributed by atoms with E-state index in [1.165, 1.54) is 10.2 Å². The molecule has 1 aliphatic rings. The molecule has 0 bridgehead atoms. The van der Waals surface area contributed by atoms with Crippen molar-refractivity contribution >= 4 is 11.9 Å². The van der Waals surface area contributed by atoms with Crippen molar-refractivity contribution in [2.75, 3.05) is 13.1 Å². The molecular weight excluding hydrogens is 318 g/mol. The first-order valence-corrected chi connectivity index (χ1v) is 9.07. The van der Waals surface area contributed by atoms with E-state index in [0.717, 1.165) is 31.2 Å².